The Morgan fingerprint density at radius 1 is 1.17 bits per heavy atom. The number of aromatic nitrogens is 2. The molecule has 6 nitrogen and oxygen atoms in total. The number of nitrogens with zero attached hydrogens (tertiary/aromatic N) is 2. The highest BCUT2D eigenvalue weighted by Crippen LogP contribution is 2.18. The molecule has 1 fully saturated rings. The Morgan fingerprint density at radius 2 is 2.03 bits per heavy atom. The molecule has 0 unspecified atom stereocenters. The summed E-state index contributed by atoms with van der Waals surface area (Å²) >= 11 is 0. The van der Waals surface area contributed by atoms with Crippen LogP contribution in [-0.4, -0.2) is 47.5 Å². The topological polar surface area (TPSA) is 70.2 Å². The van der Waals surface area contributed by atoms with Crippen molar-refractivity contribution in [3.05, 3.63) is 59.4 Å². The van der Waals surface area contributed by atoms with Crippen LogP contribution in [0.15, 0.2) is 42.5 Å². The molecule has 1 aliphatic rings. The van der Waals surface area contributed by atoms with Gasteiger partial charge in [0.05, 0.1) is 24.1 Å². The van der Waals surface area contributed by atoms with Crippen LogP contribution in [0.3, 0.4) is 0 Å². The van der Waals surface area contributed by atoms with Crippen molar-refractivity contribution in [2.45, 2.75) is 38.6 Å². The van der Waals surface area contributed by atoms with E-state index in [2.05, 4.69) is 33.5 Å². The van der Waals surface area contributed by atoms with Gasteiger partial charge in [0.1, 0.15) is 11.6 Å². The number of carbonyl (C=O) groups excluding carboxylic acids is 1. The minimum Gasteiger partial charge on any atom is -0.494 e. The van der Waals surface area contributed by atoms with Gasteiger partial charge in [0.15, 0.2) is 0 Å². The van der Waals surface area contributed by atoms with Gasteiger partial charge in [-0.3, -0.25) is 4.79 Å². The molecule has 0 bridgehead atoms. The minimum absolute atomic E-state index is 0.225. The zero-order valence-electron chi connectivity index (χ0n) is 17.6. The van der Waals surface area contributed by atoms with E-state index < -0.39 is 0 Å². The van der Waals surface area contributed by atoms with Crippen LogP contribution in [0.1, 0.15) is 36.2 Å². The normalized spacial score (nSPS) is 13.8. The highest BCUT2D eigenvalue weighted by Gasteiger charge is 2.18. The first-order valence-corrected chi connectivity index (χ1v) is 10.8. The van der Waals surface area contributed by atoms with Crippen molar-refractivity contribution in [2.75, 3.05) is 26.7 Å². The smallest absolute Gasteiger partial charge is 0.226 e. The average molecular weight is 407 g/mol. The molecule has 2 aromatic carbocycles. The Bertz CT molecular complexity index is 992. The van der Waals surface area contributed by atoms with Crippen LogP contribution in [0.2, 0.25) is 0 Å². The highest BCUT2D eigenvalue weighted by atomic mass is 16.5. The summed E-state index contributed by atoms with van der Waals surface area (Å²) in [6.45, 7) is 3.28. The molecule has 0 spiro atoms. The number of rotatable bonds is 9. The summed E-state index contributed by atoms with van der Waals surface area (Å²) in [6, 6.07) is 14.3. The second-order valence-corrected chi connectivity index (χ2v) is 7.93. The maximum atomic E-state index is 12.4. The van der Waals surface area contributed by atoms with E-state index in [-0.39, 0.29) is 5.91 Å². The van der Waals surface area contributed by atoms with Crippen molar-refractivity contribution in [1.82, 2.24) is 20.2 Å². The summed E-state index contributed by atoms with van der Waals surface area (Å²) in [4.78, 5) is 22.4. The molecular formula is C24H30N4O2. The molecule has 0 aliphatic carbocycles. The number of ether oxygens (including phenoxy) is 1. The average Bonchev–Trinajstić information content (AvgIpc) is 3.41. The fourth-order valence-corrected chi connectivity index (χ4v) is 3.97. The lowest BCUT2D eigenvalue weighted by molar-refractivity contribution is -0.129. The summed E-state index contributed by atoms with van der Waals surface area (Å²) in [7, 11) is 1.94. The van der Waals surface area contributed by atoms with Gasteiger partial charge < -0.3 is 19.9 Å². The van der Waals surface area contributed by atoms with Crippen molar-refractivity contribution >= 4 is 16.9 Å². The highest BCUT2D eigenvalue weighted by molar-refractivity contribution is 5.82. The van der Waals surface area contributed by atoms with Gasteiger partial charge in [0.25, 0.3) is 0 Å². The standard InChI is InChI=1S/C24H30N4O2/c1-25-17-19-6-4-7-20(14-19)30-13-5-8-23-26-21-10-9-18(15-22(21)27-23)16-24(29)28-11-2-3-12-28/h4,6-7,9-10,14-15,25H,2-3,5,8,11-13,16-17H2,1H3,(H,26,27). The van der Waals surface area contributed by atoms with Crippen molar-refractivity contribution in [3.63, 3.8) is 0 Å². The van der Waals surface area contributed by atoms with Gasteiger partial charge >= 0.3 is 0 Å². The second kappa shape index (κ2) is 9.76. The lowest BCUT2D eigenvalue weighted by Gasteiger charge is -2.14. The Balaban J connectivity index is 1.29. The lowest BCUT2D eigenvalue weighted by atomic mass is 10.1. The number of nitrogens with one attached hydrogen (secondary N) is 2. The van der Waals surface area contributed by atoms with Gasteiger partial charge in [0.2, 0.25) is 5.91 Å². The van der Waals surface area contributed by atoms with Crippen LogP contribution in [0.25, 0.3) is 11.0 Å². The summed E-state index contributed by atoms with van der Waals surface area (Å²) in [6.07, 6.45) is 4.42. The first-order valence-electron chi connectivity index (χ1n) is 10.8. The van der Waals surface area contributed by atoms with Crippen LogP contribution < -0.4 is 10.1 Å². The molecule has 1 amide bonds. The molecule has 3 aromatic rings. The van der Waals surface area contributed by atoms with E-state index >= 15 is 0 Å². The van der Waals surface area contributed by atoms with Crippen molar-refractivity contribution < 1.29 is 9.53 Å². The van der Waals surface area contributed by atoms with Crippen molar-refractivity contribution in [3.8, 4) is 5.75 Å². The molecular weight excluding hydrogens is 376 g/mol. The Kier molecular flexibility index (Phi) is 6.64. The third kappa shape index (κ3) is 5.19. The van der Waals surface area contributed by atoms with E-state index in [1.54, 1.807) is 0 Å². The van der Waals surface area contributed by atoms with Crippen LogP contribution >= 0.6 is 0 Å². The van der Waals surface area contributed by atoms with Crippen LogP contribution in [0.4, 0.5) is 0 Å². The molecule has 0 atom stereocenters. The molecule has 1 saturated heterocycles. The van der Waals surface area contributed by atoms with Gasteiger partial charge in [0, 0.05) is 26.1 Å². The number of imidazole rings is 1. The van der Waals surface area contributed by atoms with Crippen LogP contribution in [-0.2, 0) is 24.2 Å². The monoisotopic (exact) mass is 406 g/mol. The van der Waals surface area contributed by atoms with E-state index in [0.29, 0.717) is 13.0 Å². The summed E-state index contributed by atoms with van der Waals surface area (Å²) in [5.74, 6) is 2.09. The Hall–Kier alpha value is -2.86. The largest absolute Gasteiger partial charge is 0.494 e. The first kappa shape index (κ1) is 20.4. The molecule has 0 saturated carbocycles. The van der Waals surface area contributed by atoms with Crippen molar-refractivity contribution in [2.24, 2.45) is 0 Å². The van der Waals surface area contributed by atoms with E-state index in [9.17, 15) is 4.79 Å². The fraction of sp³-hybridized carbons (Fsp3) is 0.417. The van der Waals surface area contributed by atoms with E-state index in [4.69, 9.17) is 4.74 Å². The number of hydrogen-bond donors (Lipinski definition) is 2. The number of hydrogen-bond acceptors (Lipinski definition) is 4. The number of H-pyrrole nitrogens is 1. The number of aromatic amines is 1. The first-order chi connectivity index (χ1) is 14.7. The molecule has 158 valence electrons. The Labute approximate surface area is 177 Å². The summed E-state index contributed by atoms with van der Waals surface area (Å²) in [5, 5.41) is 3.15. The predicted molar refractivity (Wildman–Crippen MR) is 119 cm³/mol. The van der Waals surface area contributed by atoms with Gasteiger partial charge in [-0.2, -0.15) is 0 Å². The molecule has 2 N–H and O–H groups in total. The minimum atomic E-state index is 0.225. The van der Waals surface area contributed by atoms with Gasteiger partial charge in [-0.25, -0.2) is 4.98 Å². The molecule has 1 aliphatic heterocycles. The van der Waals surface area contributed by atoms with Crippen molar-refractivity contribution in [1.29, 1.82) is 0 Å². The van der Waals surface area contributed by atoms with Gasteiger partial charge in [-0.1, -0.05) is 18.2 Å². The number of amides is 1. The van der Waals surface area contributed by atoms with Crippen LogP contribution in [0, 0.1) is 0 Å². The third-order valence-electron chi connectivity index (χ3n) is 5.52. The van der Waals surface area contributed by atoms with Crippen LogP contribution in [0.5, 0.6) is 5.75 Å². The summed E-state index contributed by atoms with van der Waals surface area (Å²) in [5.41, 5.74) is 4.20. The number of fused-ring (bicyclic) bond motifs is 1. The van der Waals surface area contributed by atoms with Gasteiger partial charge in [-0.05, 0) is 61.7 Å². The maximum Gasteiger partial charge on any atom is 0.226 e. The molecule has 0 radical (unpaired) electrons. The number of benzene rings is 2. The molecule has 2 heterocycles. The third-order valence-corrected chi connectivity index (χ3v) is 5.52. The van der Waals surface area contributed by atoms with E-state index in [0.717, 1.165) is 73.5 Å². The molecule has 4 rings (SSSR count). The second-order valence-electron chi connectivity index (χ2n) is 7.93. The summed E-state index contributed by atoms with van der Waals surface area (Å²) < 4.78 is 5.89. The molecule has 30 heavy (non-hydrogen) atoms. The number of aryl methyl sites for hydroxylation is 1. The molecule has 1 aromatic heterocycles. The van der Waals surface area contributed by atoms with Gasteiger partial charge in [-0.15, -0.1) is 0 Å². The SMILES string of the molecule is CNCc1cccc(OCCCc2nc3ccc(CC(=O)N4CCCC4)cc3[nH]2)c1. The molecule has 6 heteroatoms. The number of likely N-dealkylation sites (tertiary alicyclic amines) is 1. The Morgan fingerprint density at radius 3 is 2.87 bits per heavy atom. The zero-order chi connectivity index (χ0) is 20.8. The van der Waals surface area contributed by atoms with E-state index in [1.165, 1.54) is 5.56 Å². The lowest BCUT2D eigenvalue weighted by Crippen LogP contribution is -2.29. The zero-order valence-corrected chi connectivity index (χ0v) is 17.6. The fourth-order valence-electron chi connectivity index (χ4n) is 3.97. The van der Waals surface area contributed by atoms with E-state index in [1.807, 2.05) is 36.2 Å². The predicted octanol–water partition coefficient (Wildman–Crippen LogP) is 3.46. The quantitative estimate of drug-likeness (QED) is 0.534. The maximum absolute atomic E-state index is 12.4. The number of carbonyl (C=O) groups is 1.